The number of unbranched alkanes of at least 4 members (excludes halogenated alkanes) is 2. The van der Waals surface area contributed by atoms with Crippen molar-refractivity contribution in [2.24, 2.45) is 0 Å². The van der Waals surface area contributed by atoms with Crippen molar-refractivity contribution < 1.29 is 24.0 Å². The lowest BCUT2D eigenvalue weighted by Gasteiger charge is -2.19. The van der Waals surface area contributed by atoms with Crippen LogP contribution in [0.5, 0.6) is 0 Å². The number of amides is 6. The van der Waals surface area contributed by atoms with Crippen LogP contribution in [-0.2, 0) is 25.6 Å². The number of para-hydroxylation sites is 1. The first kappa shape index (κ1) is 47.1. The van der Waals surface area contributed by atoms with Crippen LogP contribution >= 0.6 is 0 Å². The van der Waals surface area contributed by atoms with Gasteiger partial charge in [0.15, 0.2) is 0 Å². The van der Waals surface area contributed by atoms with Crippen LogP contribution in [0.15, 0.2) is 73.3 Å². The molecule has 3 rings (SSSR count). The molecule has 1 atom stereocenters. The summed E-state index contributed by atoms with van der Waals surface area (Å²) in [6.45, 7) is 18.8. The number of nitrogens with zero attached hydrogens (tertiary/aromatic N) is 1. The Morgan fingerprint density at radius 2 is 1.44 bits per heavy atom. The first-order chi connectivity index (χ1) is 25.0. The van der Waals surface area contributed by atoms with Crippen LogP contribution < -0.4 is 26.6 Å². The average Bonchev–Trinajstić information content (AvgIpc) is 3.68. The standard InChI is InChI=1S/C28H36N6O5.C5H12.C5H8.C3H8/c1-3-22(27(38)30-18-26(37)34-14-6-7-15-34)32-25(36)17-29-24(35)16-20-10-12-21(13-11-20)31-28(39)33-23-9-5-4-8-19(23)2;2*1-3-5-4-2;1-3-2/h4-5,8-13,22H,3,6-7,14-18H2,1-2H3,(H,29,35)(H,30,38)(H,32,36)(H2,31,33,39);3-5H2,1-2H3;3-5H,1H2,2H3;3H2,1-2H3/b;;5-4-;. The SMILES string of the molecule is C=C/C=C\C.CCC.CCC(NC(=O)CNC(=O)Cc1ccc(NC(=O)Nc2ccccc2C)cc1)C(=O)NCC(=O)N1CCCC1.CCCCC. The fourth-order valence-electron chi connectivity index (χ4n) is 4.58. The Bertz CT molecular complexity index is 1370. The van der Waals surface area contributed by atoms with E-state index >= 15 is 0 Å². The van der Waals surface area contributed by atoms with E-state index in [0.717, 1.165) is 18.4 Å². The van der Waals surface area contributed by atoms with Gasteiger partial charge in [-0.2, -0.15) is 0 Å². The van der Waals surface area contributed by atoms with Crippen molar-refractivity contribution in [1.29, 1.82) is 0 Å². The molecule has 0 aromatic heterocycles. The summed E-state index contributed by atoms with van der Waals surface area (Å²) in [6.07, 6.45) is 13.2. The molecule has 0 spiro atoms. The van der Waals surface area contributed by atoms with E-state index in [4.69, 9.17) is 0 Å². The van der Waals surface area contributed by atoms with E-state index < -0.39 is 17.9 Å². The number of nitrogens with one attached hydrogen (secondary N) is 5. The molecule has 6 amide bonds. The molecule has 1 fully saturated rings. The summed E-state index contributed by atoms with van der Waals surface area (Å²) in [7, 11) is 0. The second-order valence-corrected chi connectivity index (χ2v) is 12.2. The third-order valence-electron chi connectivity index (χ3n) is 7.38. The minimum Gasteiger partial charge on any atom is -0.347 e. The number of hydrogen-bond donors (Lipinski definition) is 5. The molecule has 1 unspecified atom stereocenters. The maximum Gasteiger partial charge on any atom is 0.323 e. The summed E-state index contributed by atoms with van der Waals surface area (Å²) in [5, 5.41) is 13.2. The van der Waals surface area contributed by atoms with Gasteiger partial charge in [-0.1, -0.05) is 115 Å². The molecule has 1 aliphatic heterocycles. The number of urea groups is 1. The lowest BCUT2D eigenvalue weighted by Crippen LogP contribution is -2.51. The molecule has 288 valence electrons. The predicted octanol–water partition coefficient (Wildman–Crippen LogP) is 7.29. The highest BCUT2D eigenvalue weighted by molar-refractivity contribution is 6.00. The van der Waals surface area contributed by atoms with Crippen molar-refractivity contribution in [3.8, 4) is 0 Å². The topological polar surface area (TPSA) is 149 Å². The number of benzene rings is 2. The maximum atomic E-state index is 12.4. The molecular weight excluding hydrogens is 656 g/mol. The molecule has 11 heteroatoms. The van der Waals surface area contributed by atoms with Gasteiger partial charge in [-0.05, 0) is 62.4 Å². The van der Waals surface area contributed by atoms with Gasteiger partial charge in [0, 0.05) is 24.5 Å². The highest BCUT2D eigenvalue weighted by atomic mass is 16.2. The zero-order chi connectivity index (χ0) is 39.1. The van der Waals surface area contributed by atoms with E-state index in [-0.39, 0.29) is 37.4 Å². The van der Waals surface area contributed by atoms with Crippen molar-refractivity contribution in [3.05, 3.63) is 84.5 Å². The van der Waals surface area contributed by atoms with Crippen LogP contribution in [0, 0.1) is 6.92 Å². The van der Waals surface area contributed by atoms with E-state index in [1.54, 1.807) is 42.2 Å². The molecular formula is C41H64N6O5. The number of hydrogen-bond acceptors (Lipinski definition) is 5. The summed E-state index contributed by atoms with van der Waals surface area (Å²) in [5.74, 6) is -1.44. The molecule has 0 saturated carbocycles. The minimum absolute atomic E-state index is 0.0409. The van der Waals surface area contributed by atoms with Gasteiger partial charge >= 0.3 is 6.03 Å². The van der Waals surface area contributed by atoms with Gasteiger partial charge in [0.25, 0.3) is 0 Å². The van der Waals surface area contributed by atoms with Crippen LogP contribution in [0.4, 0.5) is 16.2 Å². The highest BCUT2D eigenvalue weighted by Gasteiger charge is 2.22. The smallest absolute Gasteiger partial charge is 0.323 e. The molecule has 2 aromatic carbocycles. The fourth-order valence-corrected chi connectivity index (χ4v) is 4.58. The Hall–Kier alpha value is -4.93. The van der Waals surface area contributed by atoms with Crippen molar-refractivity contribution >= 4 is 41.0 Å². The van der Waals surface area contributed by atoms with Crippen LogP contribution in [0.2, 0.25) is 0 Å². The number of allylic oxidation sites excluding steroid dienone is 3. The number of aryl methyl sites for hydroxylation is 1. The molecule has 0 aliphatic carbocycles. The van der Waals surface area contributed by atoms with E-state index in [1.165, 1.54) is 25.7 Å². The largest absolute Gasteiger partial charge is 0.347 e. The molecule has 1 aliphatic rings. The zero-order valence-electron chi connectivity index (χ0n) is 32.6. The molecule has 5 N–H and O–H groups in total. The third-order valence-corrected chi connectivity index (χ3v) is 7.38. The van der Waals surface area contributed by atoms with Gasteiger partial charge in [0.2, 0.25) is 23.6 Å². The monoisotopic (exact) mass is 720 g/mol. The molecule has 0 radical (unpaired) electrons. The maximum absolute atomic E-state index is 12.4. The Labute approximate surface area is 312 Å². The van der Waals surface area contributed by atoms with Crippen LogP contribution in [0.25, 0.3) is 0 Å². The van der Waals surface area contributed by atoms with Crippen molar-refractivity contribution in [2.75, 3.05) is 36.8 Å². The summed E-state index contributed by atoms with van der Waals surface area (Å²) in [6, 6.07) is 13.1. The summed E-state index contributed by atoms with van der Waals surface area (Å²) in [5.41, 5.74) is 2.92. The fraction of sp³-hybridized carbons (Fsp3) is 0.488. The van der Waals surface area contributed by atoms with E-state index in [0.29, 0.717) is 36.4 Å². The van der Waals surface area contributed by atoms with Crippen molar-refractivity contribution in [1.82, 2.24) is 20.9 Å². The molecule has 52 heavy (non-hydrogen) atoms. The zero-order valence-corrected chi connectivity index (χ0v) is 32.6. The number of carbonyl (C=O) groups excluding carboxylic acids is 5. The normalized spacial score (nSPS) is 11.9. The van der Waals surface area contributed by atoms with Crippen molar-refractivity contribution in [2.45, 2.75) is 106 Å². The van der Waals surface area contributed by atoms with Crippen LogP contribution in [0.1, 0.15) is 97.6 Å². The molecule has 11 nitrogen and oxygen atoms in total. The summed E-state index contributed by atoms with van der Waals surface area (Å²) >= 11 is 0. The van der Waals surface area contributed by atoms with E-state index in [2.05, 4.69) is 60.9 Å². The highest BCUT2D eigenvalue weighted by Crippen LogP contribution is 2.15. The van der Waals surface area contributed by atoms with Crippen molar-refractivity contribution in [3.63, 3.8) is 0 Å². The Kier molecular flexibility index (Phi) is 26.9. The van der Waals surface area contributed by atoms with Gasteiger partial charge in [-0.15, -0.1) is 0 Å². The summed E-state index contributed by atoms with van der Waals surface area (Å²) < 4.78 is 0. The molecule has 0 bridgehead atoms. The quantitative estimate of drug-likeness (QED) is 0.130. The Balaban J connectivity index is 0.00000172. The Morgan fingerprint density at radius 1 is 0.827 bits per heavy atom. The molecule has 1 saturated heterocycles. The lowest BCUT2D eigenvalue weighted by molar-refractivity contribution is -0.133. The molecule has 2 aromatic rings. The van der Waals surface area contributed by atoms with Gasteiger partial charge in [0.1, 0.15) is 6.04 Å². The third kappa shape index (κ3) is 22.0. The predicted molar refractivity (Wildman–Crippen MR) is 214 cm³/mol. The van der Waals surface area contributed by atoms with Gasteiger partial charge < -0.3 is 31.5 Å². The first-order valence-corrected chi connectivity index (χ1v) is 18.6. The van der Waals surface area contributed by atoms with Crippen LogP contribution in [-0.4, -0.2) is 66.8 Å². The Morgan fingerprint density at radius 3 is 1.94 bits per heavy atom. The van der Waals surface area contributed by atoms with Gasteiger partial charge in [0.05, 0.1) is 19.5 Å². The number of rotatable bonds is 14. The minimum atomic E-state index is -0.802. The second kappa shape index (κ2) is 29.8. The number of likely N-dealkylation sites (tertiary alicyclic amines) is 1. The number of anilines is 2. The summed E-state index contributed by atoms with van der Waals surface area (Å²) in [4.78, 5) is 63.1. The van der Waals surface area contributed by atoms with E-state index in [1.807, 2.05) is 50.3 Å². The van der Waals surface area contributed by atoms with E-state index in [9.17, 15) is 24.0 Å². The number of carbonyl (C=O) groups is 5. The van der Waals surface area contributed by atoms with Gasteiger partial charge in [-0.3, -0.25) is 19.2 Å². The molecule has 1 heterocycles. The average molecular weight is 721 g/mol. The first-order valence-electron chi connectivity index (χ1n) is 18.6. The van der Waals surface area contributed by atoms with Crippen LogP contribution in [0.3, 0.4) is 0 Å². The van der Waals surface area contributed by atoms with Gasteiger partial charge in [-0.25, -0.2) is 4.79 Å². The lowest BCUT2D eigenvalue weighted by atomic mass is 10.1. The second-order valence-electron chi connectivity index (χ2n) is 12.2.